The summed E-state index contributed by atoms with van der Waals surface area (Å²) in [7, 11) is 1.25. The van der Waals surface area contributed by atoms with Crippen molar-refractivity contribution in [3.05, 3.63) is 58.4 Å². The number of likely N-dealkylation sites (tertiary alicyclic amines) is 1. The van der Waals surface area contributed by atoms with Crippen molar-refractivity contribution in [1.29, 1.82) is 0 Å². The Morgan fingerprint density at radius 1 is 1.21 bits per heavy atom. The molecule has 3 aromatic rings. The minimum absolute atomic E-state index is 0.0296. The van der Waals surface area contributed by atoms with Crippen molar-refractivity contribution in [2.24, 2.45) is 0 Å². The van der Waals surface area contributed by atoms with Gasteiger partial charge in [-0.15, -0.1) is 0 Å². The summed E-state index contributed by atoms with van der Waals surface area (Å²) in [5.74, 6) is -0.133. The zero-order chi connectivity index (χ0) is 22.9. The number of fused-ring (bicyclic) bond motifs is 1. The van der Waals surface area contributed by atoms with Crippen LogP contribution in [-0.4, -0.2) is 58.3 Å². The molecule has 0 radical (unpaired) electrons. The number of hydrogen-bond donors (Lipinski definition) is 0. The summed E-state index contributed by atoms with van der Waals surface area (Å²) in [5, 5.41) is 0.523. The average molecular weight is 473 g/mol. The number of aromatic nitrogens is 3. The van der Waals surface area contributed by atoms with Gasteiger partial charge in [-0.3, -0.25) is 4.90 Å². The highest BCUT2D eigenvalue weighted by atomic mass is 35.5. The molecule has 174 valence electrons. The van der Waals surface area contributed by atoms with Crippen molar-refractivity contribution in [3.63, 3.8) is 0 Å². The van der Waals surface area contributed by atoms with E-state index in [9.17, 15) is 4.79 Å². The number of ether oxygens (including phenoxy) is 2. The van der Waals surface area contributed by atoms with E-state index in [1.54, 1.807) is 12.1 Å². The van der Waals surface area contributed by atoms with Gasteiger partial charge in [0, 0.05) is 18.2 Å². The molecule has 2 fully saturated rings. The maximum Gasteiger partial charge on any atom is 0.340 e. The lowest BCUT2D eigenvalue weighted by Gasteiger charge is -2.32. The van der Waals surface area contributed by atoms with E-state index in [1.165, 1.54) is 13.2 Å². The zero-order valence-corrected chi connectivity index (χ0v) is 19.2. The third-order valence-corrected chi connectivity index (χ3v) is 6.83. The maximum absolute atomic E-state index is 15.4. The van der Waals surface area contributed by atoms with Crippen molar-refractivity contribution in [3.8, 4) is 0 Å². The molecule has 4 heterocycles. The molecular formula is C24H26ClFN4O3. The Bertz CT molecular complexity index is 1170. The number of carbonyl (C=O) groups is 1. The van der Waals surface area contributed by atoms with Crippen molar-refractivity contribution < 1.29 is 18.7 Å². The van der Waals surface area contributed by atoms with E-state index in [-0.39, 0.29) is 11.7 Å². The van der Waals surface area contributed by atoms with E-state index in [2.05, 4.69) is 9.88 Å². The van der Waals surface area contributed by atoms with Crippen LogP contribution in [0.25, 0.3) is 11.0 Å². The molecule has 0 N–H and O–H groups in total. The second-order valence-corrected chi connectivity index (χ2v) is 9.03. The molecule has 9 heteroatoms. The number of pyridine rings is 1. The first kappa shape index (κ1) is 22.3. The molecule has 1 unspecified atom stereocenters. The number of rotatable bonds is 6. The molecule has 2 aromatic heterocycles. The van der Waals surface area contributed by atoms with Crippen LogP contribution < -0.4 is 0 Å². The van der Waals surface area contributed by atoms with Crippen LogP contribution in [0.2, 0.25) is 5.15 Å². The highest BCUT2D eigenvalue weighted by Gasteiger charge is 2.28. The predicted molar refractivity (Wildman–Crippen MR) is 122 cm³/mol. The number of benzene rings is 1. The fraction of sp³-hybridized carbons (Fsp3) is 0.458. The molecule has 2 saturated heterocycles. The fourth-order valence-corrected chi connectivity index (χ4v) is 4.86. The van der Waals surface area contributed by atoms with Gasteiger partial charge in [-0.25, -0.2) is 19.2 Å². The molecule has 0 aliphatic carbocycles. The first-order valence-electron chi connectivity index (χ1n) is 11.3. The number of esters is 1. The summed E-state index contributed by atoms with van der Waals surface area (Å²) in [6, 6.07) is 8.89. The van der Waals surface area contributed by atoms with Crippen LogP contribution in [-0.2, 0) is 22.6 Å². The van der Waals surface area contributed by atoms with Crippen LogP contribution in [0.15, 0.2) is 30.3 Å². The molecular weight excluding hydrogens is 447 g/mol. The van der Waals surface area contributed by atoms with Crippen molar-refractivity contribution in [2.75, 3.05) is 26.8 Å². The molecule has 7 nitrogen and oxygen atoms in total. The Morgan fingerprint density at radius 3 is 2.67 bits per heavy atom. The second kappa shape index (κ2) is 9.37. The number of imidazole rings is 1. The van der Waals surface area contributed by atoms with Gasteiger partial charge in [-0.2, -0.15) is 0 Å². The Kier molecular flexibility index (Phi) is 6.32. The number of methoxy groups -OCH3 is 1. The summed E-state index contributed by atoms with van der Waals surface area (Å²) in [5.41, 5.74) is 1.82. The summed E-state index contributed by atoms with van der Waals surface area (Å²) in [6.45, 7) is 3.60. The number of piperidine rings is 1. The van der Waals surface area contributed by atoms with Gasteiger partial charge < -0.3 is 14.0 Å². The fourth-order valence-electron chi connectivity index (χ4n) is 4.69. The van der Waals surface area contributed by atoms with E-state index in [0.717, 1.165) is 43.9 Å². The maximum atomic E-state index is 15.4. The Labute approximate surface area is 196 Å². The quantitative estimate of drug-likeness (QED) is 0.396. The molecule has 1 aromatic carbocycles. The summed E-state index contributed by atoms with van der Waals surface area (Å²) < 4.78 is 27.6. The van der Waals surface area contributed by atoms with Gasteiger partial charge in [0.1, 0.15) is 16.5 Å². The zero-order valence-electron chi connectivity index (χ0n) is 18.5. The van der Waals surface area contributed by atoms with Crippen LogP contribution in [0.4, 0.5) is 4.39 Å². The van der Waals surface area contributed by atoms with Gasteiger partial charge in [0.15, 0.2) is 5.82 Å². The summed E-state index contributed by atoms with van der Waals surface area (Å²) >= 11 is 6.06. The highest BCUT2D eigenvalue weighted by Crippen LogP contribution is 2.30. The van der Waals surface area contributed by atoms with Gasteiger partial charge in [0.2, 0.25) is 0 Å². The van der Waals surface area contributed by atoms with Crippen LogP contribution >= 0.6 is 11.6 Å². The summed E-state index contributed by atoms with van der Waals surface area (Å²) in [4.78, 5) is 23.6. The normalized spacial score (nSPS) is 19.5. The average Bonchev–Trinajstić information content (AvgIpc) is 3.14. The lowest BCUT2D eigenvalue weighted by atomic mass is 9.93. The van der Waals surface area contributed by atoms with Gasteiger partial charge in [0.25, 0.3) is 0 Å². The molecule has 5 rings (SSSR count). The van der Waals surface area contributed by atoms with Gasteiger partial charge in [0.05, 0.1) is 37.4 Å². The van der Waals surface area contributed by atoms with Gasteiger partial charge in [-0.05, 0) is 56.6 Å². The van der Waals surface area contributed by atoms with E-state index < -0.39 is 11.8 Å². The van der Waals surface area contributed by atoms with E-state index >= 15 is 4.39 Å². The molecule has 2 aliphatic rings. The Balaban J connectivity index is 1.39. The Morgan fingerprint density at radius 2 is 2.00 bits per heavy atom. The van der Waals surface area contributed by atoms with Crippen LogP contribution in [0, 0.1) is 5.82 Å². The smallest absolute Gasteiger partial charge is 0.340 e. The van der Waals surface area contributed by atoms with E-state index in [0.29, 0.717) is 41.8 Å². The van der Waals surface area contributed by atoms with Crippen LogP contribution in [0.5, 0.6) is 0 Å². The number of nitrogens with zero attached hydrogens (tertiary/aromatic N) is 4. The third kappa shape index (κ3) is 4.47. The molecule has 0 spiro atoms. The third-order valence-electron chi connectivity index (χ3n) is 6.62. The molecule has 0 amide bonds. The number of hydrogen-bond acceptors (Lipinski definition) is 6. The predicted octanol–water partition coefficient (Wildman–Crippen LogP) is 4.18. The van der Waals surface area contributed by atoms with Crippen molar-refractivity contribution in [1.82, 2.24) is 19.4 Å². The van der Waals surface area contributed by atoms with Gasteiger partial charge >= 0.3 is 5.97 Å². The molecule has 0 bridgehead atoms. The van der Waals surface area contributed by atoms with Crippen LogP contribution in [0.1, 0.15) is 47.1 Å². The topological polar surface area (TPSA) is 69.5 Å². The molecule has 0 saturated carbocycles. The number of carbonyl (C=O) groups excluding carboxylic acids is 1. The highest BCUT2D eigenvalue weighted by molar-refractivity contribution is 6.29. The van der Waals surface area contributed by atoms with E-state index in [4.69, 9.17) is 26.1 Å². The Hall–Kier alpha value is -2.55. The lowest BCUT2D eigenvalue weighted by molar-refractivity contribution is -0.0592. The minimum atomic E-state index is -0.694. The lowest BCUT2D eigenvalue weighted by Crippen LogP contribution is -2.35. The monoisotopic (exact) mass is 472 g/mol. The largest absolute Gasteiger partial charge is 0.465 e. The summed E-state index contributed by atoms with van der Waals surface area (Å²) in [6.07, 6.45) is 2.90. The first-order valence-corrected chi connectivity index (χ1v) is 11.6. The standard InChI is InChI=1S/C24H26ClFN4O3/c1-32-24(31)17-5-6-19-23(22(17)26)30(13-16-9-12-33-16)21(28-19)14-29-10-7-15(8-11-29)18-3-2-4-20(25)27-18/h2-6,15-16H,7-14H2,1H3. The van der Waals surface area contributed by atoms with Gasteiger partial charge in [-0.1, -0.05) is 17.7 Å². The van der Waals surface area contributed by atoms with Crippen LogP contribution in [0.3, 0.4) is 0 Å². The minimum Gasteiger partial charge on any atom is -0.465 e. The second-order valence-electron chi connectivity index (χ2n) is 8.64. The number of halogens is 2. The molecule has 2 aliphatic heterocycles. The molecule has 1 atom stereocenters. The first-order chi connectivity index (χ1) is 16.0. The molecule has 33 heavy (non-hydrogen) atoms. The SMILES string of the molecule is COC(=O)c1ccc2nc(CN3CCC(c4cccc(Cl)n4)CC3)n(CC3CCO3)c2c1F. The van der Waals surface area contributed by atoms with Crippen molar-refractivity contribution >= 4 is 28.6 Å². The van der Waals surface area contributed by atoms with E-state index in [1.807, 2.05) is 16.7 Å². The van der Waals surface area contributed by atoms with Crippen molar-refractivity contribution in [2.45, 2.75) is 44.4 Å².